The van der Waals surface area contributed by atoms with E-state index in [-0.39, 0.29) is 13.0 Å². The Morgan fingerprint density at radius 2 is 2.23 bits per heavy atom. The van der Waals surface area contributed by atoms with E-state index in [1.54, 1.807) is 12.2 Å². The van der Waals surface area contributed by atoms with Gasteiger partial charge in [0.15, 0.2) is 0 Å². The van der Waals surface area contributed by atoms with Crippen molar-refractivity contribution >= 4 is 5.97 Å². The van der Waals surface area contributed by atoms with Gasteiger partial charge in [0.1, 0.15) is 0 Å². The molecule has 0 bridgehead atoms. The number of allylic oxidation sites excluding steroid dienone is 3. The Morgan fingerprint density at radius 1 is 1.62 bits per heavy atom. The van der Waals surface area contributed by atoms with Gasteiger partial charge in [-0.2, -0.15) is 0 Å². The molecule has 72 valence electrons. The first-order chi connectivity index (χ1) is 6.11. The number of carboxylic acids is 1. The molecule has 0 unspecified atom stereocenters. The minimum Gasteiger partial charge on any atom is -0.481 e. The SMILES string of the molecule is C=C(CN)/C(=C\C=C/C)CC(=O)O. The number of hydrogen-bond donors (Lipinski definition) is 2. The van der Waals surface area contributed by atoms with Gasteiger partial charge in [-0.3, -0.25) is 4.79 Å². The zero-order valence-electron chi connectivity index (χ0n) is 7.79. The molecule has 0 aromatic rings. The first-order valence-corrected chi connectivity index (χ1v) is 4.03. The summed E-state index contributed by atoms with van der Waals surface area (Å²) in [6.07, 6.45) is 5.30. The summed E-state index contributed by atoms with van der Waals surface area (Å²) in [5.74, 6) is -0.870. The smallest absolute Gasteiger partial charge is 0.307 e. The molecule has 0 radical (unpaired) electrons. The third-order valence-corrected chi connectivity index (χ3v) is 1.53. The van der Waals surface area contributed by atoms with E-state index >= 15 is 0 Å². The molecule has 3 nitrogen and oxygen atoms in total. The Morgan fingerprint density at radius 3 is 2.62 bits per heavy atom. The van der Waals surface area contributed by atoms with Crippen molar-refractivity contribution in [3.63, 3.8) is 0 Å². The molecule has 0 saturated carbocycles. The van der Waals surface area contributed by atoms with E-state index in [2.05, 4.69) is 6.58 Å². The lowest BCUT2D eigenvalue weighted by molar-refractivity contribution is -0.136. The van der Waals surface area contributed by atoms with Crippen LogP contribution >= 0.6 is 0 Å². The van der Waals surface area contributed by atoms with Gasteiger partial charge in [0.05, 0.1) is 6.42 Å². The van der Waals surface area contributed by atoms with Crippen LogP contribution in [0.4, 0.5) is 0 Å². The fourth-order valence-electron chi connectivity index (χ4n) is 0.808. The number of carboxylic acid groups (broad SMARTS) is 1. The van der Waals surface area contributed by atoms with E-state index in [1.807, 2.05) is 13.0 Å². The van der Waals surface area contributed by atoms with Crippen LogP contribution in [0, 0.1) is 0 Å². The summed E-state index contributed by atoms with van der Waals surface area (Å²) in [4.78, 5) is 10.4. The van der Waals surface area contributed by atoms with E-state index < -0.39 is 5.97 Å². The fraction of sp³-hybridized carbons (Fsp3) is 0.300. The van der Waals surface area contributed by atoms with Crippen molar-refractivity contribution in [1.29, 1.82) is 0 Å². The molecule has 0 aromatic heterocycles. The topological polar surface area (TPSA) is 63.3 Å². The molecule has 3 heteroatoms. The first-order valence-electron chi connectivity index (χ1n) is 4.03. The molecular weight excluding hydrogens is 166 g/mol. The van der Waals surface area contributed by atoms with Gasteiger partial charge in [0, 0.05) is 6.54 Å². The average Bonchev–Trinajstić information content (AvgIpc) is 2.10. The zero-order chi connectivity index (χ0) is 10.3. The predicted octanol–water partition coefficient (Wildman–Crippen LogP) is 1.48. The Labute approximate surface area is 78.3 Å². The Balaban J connectivity index is 4.54. The summed E-state index contributed by atoms with van der Waals surface area (Å²) in [6.45, 7) is 5.84. The Kier molecular flexibility index (Phi) is 5.55. The van der Waals surface area contributed by atoms with Crippen molar-refractivity contribution in [2.45, 2.75) is 13.3 Å². The number of aliphatic carboxylic acids is 1. The zero-order valence-corrected chi connectivity index (χ0v) is 7.79. The molecule has 0 atom stereocenters. The maximum absolute atomic E-state index is 10.4. The number of rotatable bonds is 5. The number of hydrogen-bond acceptors (Lipinski definition) is 2. The average molecular weight is 181 g/mol. The highest BCUT2D eigenvalue weighted by atomic mass is 16.4. The molecule has 0 heterocycles. The molecule has 0 fully saturated rings. The highest BCUT2D eigenvalue weighted by molar-refractivity contribution is 5.71. The van der Waals surface area contributed by atoms with E-state index in [0.29, 0.717) is 11.1 Å². The Bertz CT molecular complexity index is 252. The van der Waals surface area contributed by atoms with E-state index in [0.717, 1.165) is 0 Å². The first kappa shape index (κ1) is 11.6. The van der Waals surface area contributed by atoms with Gasteiger partial charge in [0.2, 0.25) is 0 Å². The van der Waals surface area contributed by atoms with E-state index in [9.17, 15) is 4.79 Å². The maximum atomic E-state index is 10.4. The van der Waals surface area contributed by atoms with Crippen molar-refractivity contribution in [2.24, 2.45) is 5.73 Å². The molecule has 13 heavy (non-hydrogen) atoms. The summed E-state index contributed by atoms with van der Waals surface area (Å²) in [7, 11) is 0. The molecule has 0 amide bonds. The van der Waals surface area contributed by atoms with Gasteiger partial charge in [0.25, 0.3) is 0 Å². The lowest BCUT2D eigenvalue weighted by Gasteiger charge is -2.04. The summed E-state index contributed by atoms with van der Waals surface area (Å²) in [6, 6.07) is 0. The summed E-state index contributed by atoms with van der Waals surface area (Å²) < 4.78 is 0. The van der Waals surface area contributed by atoms with Crippen LogP contribution in [0.5, 0.6) is 0 Å². The van der Waals surface area contributed by atoms with Gasteiger partial charge < -0.3 is 10.8 Å². The van der Waals surface area contributed by atoms with E-state index in [4.69, 9.17) is 10.8 Å². The minimum atomic E-state index is -0.870. The molecule has 0 aliphatic heterocycles. The highest BCUT2D eigenvalue weighted by Crippen LogP contribution is 2.11. The molecule has 3 N–H and O–H groups in total. The Hall–Kier alpha value is -1.35. The molecular formula is C10H15NO2. The molecule has 0 rings (SSSR count). The van der Waals surface area contributed by atoms with Crippen LogP contribution in [0.25, 0.3) is 0 Å². The van der Waals surface area contributed by atoms with Gasteiger partial charge in [-0.25, -0.2) is 0 Å². The molecule has 0 saturated heterocycles. The summed E-state index contributed by atoms with van der Waals surface area (Å²) in [5, 5.41) is 8.58. The number of carbonyl (C=O) groups is 1. The van der Waals surface area contributed by atoms with Crippen LogP contribution in [0.2, 0.25) is 0 Å². The number of nitrogens with two attached hydrogens (primary N) is 1. The van der Waals surface area contributed by atoms with Crippen LogP contribution in [0.15, 0.2) is 36.0 Å². The van der Waals surface area contributed by atoms with Crippen molar-refractivity contribution in [2.75, 3.05) is 6.54 Å². The molecule has 0 aliphatic carbocycles. The second kappa shape index (κ2) is 6.20. The summed E-state index contributed by atoms with van der Waals surface area (Å²) >= 11 is 0. The third kappa shape index (κ3) is 4.98. The van der Waals surface area contributed by atoms with Gasteiger partial charge >= 0.3 is 5.97 Å². The van der Waals surface area contributed by atoms with Crippen molar-refractivity contribution in [1.82, 2.24) is 0 Å². The maximum Gasteiger partial charge on any atom is 0.307 e. The van der Waals surface area contributed by atoms with Crippen LogP contribution in [0.1, 0.15) is 13.3 Å². The van der Waals surface area contributed by atoms with Crippen molar-refractivity contribution in [3.8, 4) is 0 Å². The van der Waals surface area contributed by atoms with Crippen molar-refractivity contribution < 1.29 is 9.90 Å². The van der Waals surface area contributed by atoms with E-state index in [1.165, 1.54) is 0 Å². The van der Waals surface area contributed by atoms with Gasteiger partial charge in [-0.05, 0) is 18.1 Å². The third-order valence-electron chi connectivity index (χ3n) is 1.53. The van der Waals surface area contributed by atoms with Crippen molar-refractivity contribution in [3.05, 3.63) is 36.0 Å². The quantitative estimate of drug-likeness (QED) is 0.631. The predicted molar refractivity (Wildman–Crippen MR) is 53.3 cm³/mol. The second-order valence-electron chi connectivity index (χ2n) is 2.60. The monoisotopic (exact) mass is 181 g/mol. The second-order valence-corrected chi connectivity index (χ2v) is 2.60. The largest absolute Gasteiger partial charge is 0.481 e. The normalized spacial score (nSPS) is 12.0. The molecule has 0 aromatic carbocycles. The van der Waals surface area contributed by atoms with Crippen LogP contribution < -0.4 is 5.73 Å². The lowest BCUT2D eigenvalue weighted by Crippen LogP contribution is -2.07. The summed E-state index contributed by atoms with van der Waals surface area (Å²) in [5.41, 5.74) is 6.70. The lowest BCUT2D eigenvalue weighted by atomic mass is 10.0. The van der Waals surface area contributed by atoms with Crippen LogP contribution in [0.3, 0.4) is 0 Å². The van der Waals surface area contributed by atoms with Crippen LogP contribution in [-0.2, 0) is 4.79 Å². The van der Waals surface area contributed by atoms with Gasteiger partial charge in [-0.1, -0.05) is 24.8 Å². The highest BCUT2D eigenvalue weighted by Gasteiger charge is 2.05. The molecule has 0 aliphatic rings. The van der Waals surface area contributed by atoms with Gasteiger partial charge in [-0.15, -0.1) is 0 Å². The van der Waals surface area contributed by atoms with Crippen LogP contribution in [-0.4, -0.2) is 17.6 Å². The minimum absolute atomic E-state index is 0.0274. The standard InChI is InChI=1S/C10H15NO2/c1-3-4-5-9(6-10(12)13)8(2)7-11/h3-5H,2,6-7,11H2,1H3,(H,12,13)/b4-3-,9-5-. The fourth-order valence-corrected chi connectivity index (χ4v) is 0.808. The molecule has 0 spiro atoms.